The molecule has 0 aliphatic carbocycles. The Kier molecular flexibility index (Phi) is 4.24. The van der Waals surface area contributed by atoms with E-state index in [-0.39, 0.29) is 5.97 Å². The predicted octanol–water partition coefficient (Wildman–Crippen LogP) is 0.0840. The molecule has 18 heavy (non-hydrogen) atoms. The minimum absolute atomic E-state index is 0.176. The number of hydrogen-bond donors (Lipinski definition) is 0. The molecule has 0 radical (unpaired) electrons. The molecule has 3 heterocycles. The van der Waals surface area contributed by atoms with Gasteiger partial charge in [-0.2, -0.15) is 0 Å². The first kappa shape index (κ1) is 14.2. The van der Waals surface area contributed by atoms with Gasteiger partial charge in [-0.15, -0.1) is 0 Å². The van der Waals surface area contributed by atoms with Gasteiger partial charge in [0, 0.05) is 0 Å². The van der Waals surface area contributed by atoms with Crippen molar-refractivity contribution in [1.82, 2.24) is 18.9 Å². The van der Waals surface area contributed by atoms with E-state index >= 15 is 0 Å². The SMILES string of the molecule is CC(=O)O[PH]12N(C)CCN(CCN1C)CCN2C. The number of fused-ring (bicyclic) bond motifs is 6. The van der Waals surface area contributed by atoms with E-state index in [0.717, 1.165) is 39.3 Å². The van der Waals surface area contributed by atoms with Crippen LogP contribution in [0.25, 0.3) is 0 Å². The number of likely N-dealkylation sites (N-methyl/N-ethyl adjacent to an activating group) is 3. The Balaban J connectivity index is 2.37. The summed E-state index contributed by atoms with van der Waals surface area (Å²) >= 11 is 0. The number of rotatable bonds is 1. The third-order valence-electron chi connectivity index (χ3n) is 4.03. The molecule has 0 unspecified atom stereocenters. The molecule has 3 aliphatic heterocycles. The van der Waals surface area contributed by atoms with Crippen LogP contribution in [0.5, 0.6) is 0 Å². The van der Waals surface area contributed by atoms with E-state index in [2.05, 4.69) is 40.1 Å². The summed E-state index contributed by atoms with van der Waals surface area (Å²) in [6, 6.07) is 0. The van der Waals surface area contributed by atoms with Gasteiger partial charge >= 0.3 is 109 Å². The Labute approximate surface area is 110 Å². The zero-order valence-electron chi connectivity index (χ0n) is 11.8. The molecule has 0 saturated carbocycles. The van der Waals surface area contributed by atoms with Crippen molar-refractivity contribution >= 4 is 13.9 Å². The van der Waals surface area contributed by atoms with Crippen LogP contribution >= 0.6 is 7.94 Å². The van der Waals surface area contributed by atoms with Crippen LogP contribution in [-0.2, 0) is 9.32 Å². The Morgan fingerprint density at radius 2 is 1.28 bits per heavy atom. The second kappa shape index (κ2) is 5.39. The maximum atomic E-state index is 11.6. The van der Waals surface area contributed by atoms with Crippen LogP contribution in [0.4, 0.5) is 0 Å². The third-order valence-corrected chi connectivity index (χ3v) is 8.24. The Morgan fingerprint density at radius 3 is 1.61 bits per heavy atom. The van der Waals surface area contributed by atoms with Crippen LogP contribution in [0.15, 0.2) is 0 Å². The van der Waals surface area contributed by atoms with E-state index in [9.17, 15) is 4.79 Å². The number of nitrogens with zero attached hydrogens (tertiary/aromatic N) is 4. The summed E-state index contributed by atoms with van der Waals surface area (Å²) in [5.41, 5.74) is 0. The Hall–Kier alpha value is -0.260. The molecule has 3 rings (SSSR count). The first-order valence-electron chi connectivity index (χ1n) is 6.52. The fourth-order valence-corrected chi connectivity index (χ4v) is 6.72. The van der Waals surface area contributed by atoms with Crippen molar-refractivity contribution in [2.24, 2.45) is 0 Å². The zero-order chi connectivity index (χ0) is 13.3. The first-order valence-corrected chi connectivity index (χ1v) is 8.27. The molecule has 3 fully saturated rings. The monoisotopic (exact) mass is 276 g/mol. The van der Waals surface area contributed by atoms with E-state index in [1.807, 2.05) is 0 Å². The number of carbonyl (C=O) groups excluding carboxylic acids is 1. The average Bonchev–Trinajstić information content (AvgIpc) is 2.30. The summed E-state index contributed by atoms with van der Waals surface area (Å²) in [5, 5.41) is 0. The number of hydrogen-bond acceptors (Lipinski definition) is 6. The molecule has 106 valence electrons. The first-order chi connectivity index (χ1) is 8.46. The van der Waals surface area contributed by atoms with Crippen molar-refractivity contribution in [2.75, 3.05) is 60.4 Å². The van der Waals surface area contributed by atoms with Crippen molar-refractivity contribution in [3.05, 3.63) is 0 Å². The van der Waals surface area contributed by atoms with Crippen LogP contribution in [-0.4, -0.2) is 85.3 Å². The molecule has 0 aromatic rings. The fourth-order valence-electron chi connectivity index (χ4n) is 2.95. The van der Waals surface area contributed by atoms with Gasteiger partial charge in [0.1, 0.15) is 0 Å². The molecule has 6 nitrogen and oxygen atoms in total. The molecule has 7 heteroatoms. The molecular weight excluding hydrogens is 251 g/mol. The topological polar surface area (TPSA) is 39.3 Å². The van der Waals surface area contributed by atoms with Gasteiger partial charge in [-0.3, -0.25) is 0 Å². The Bertz CT molecular complexity index is 292. The van der Waals surface area contributed by atoms with Crippen molar-refractivity contribution in [2.45, 2.75) is 6.92 Å². The fraction of sp³-hybridized carbons (Fsp3) is 0.909. The van der Waals surface area contributed by atoms with Crippen LogP contribution in [0.1, 0.15) is 6.92 Å². The summed E-state index contributed by atoms with van der Waals surface area (Å²) in [4.78, 5) is 14.0. The second-order valence-electron chi connectivity index (χ2n) is 5.27. The molecule has 0 atom stereocenters. The zero-order valence-corrected chi connectivity index (χ0v) is 12.8. The van der Waals surface area contributed by atoms with E-state index in [4.69, 9.17) is 4.52 Å². The van der Waals surface area contributed by atoms with E-state index < -0.39 is 7.94 Å². The molecule has 0 amide bonds. The van der Waals surface area contributed by atoms with Gasteiger partial charge < -0.3 is 0 Å². The molecule has 3 saturated heterocycles. The normalized spacial score (nSPS) is 32.3. The molecule has 0 spiro atoms. The van der Waals surface area contributed by atoms with Gasteiger partial charge in [0.05, 0.1) is 0 Å². The van der Waals surface area contributed by atoms with Gasteiger partial charge in [0.15, 0.2) is 0 Å². The van der Waals surface area contributed by atoms with Crippen LogP contribution in [0.2, 0.25) is 0 Å². The molecule has 0 aromatic heterocycles. The molecule has 0 aromatic carbocycles. The quantitative estimate of drug-likeness (QED) is 0.632. The van der Waals surface area contributed by atoms with Crippen LogP contribution in [0.3, 0.4) is 0 Å². The predicted molar refractivity (Wildman–Crippen MR) is 74.4 cm³/mol. The van der Waals surface area contributed by atoms with E-state index in [1.54, 1.807) is 0 Å². The van der Waals surface area contributed by atoms with Gasteiger partial charge in [0.25, 0.3) is 0 Å². The van der Waals surface area contributed by atoms with Crippen molar-refractivity contribution in [1.29, 1.82) is 0 Å². The second-order valence-corrected chi connectivity index (χ2v) is 8.92. The van der Waals surface area contributed by atoms with E-state index in [0.29, 0.717) is 0 Å². The molecule has 0 N–H and O–H groups in total. The standard InChI is InChI=1S/C11H25N4O2P/c1-11(16)17-18-12(2)5-8-15(9-6-13(18)3)10-7-14(18)4/h18H,5-10H2,1-4H3. The van der Waals surface area contributed by atoms with Crippen molar-refractivity contribution in [3.8, 4) is 0 Å². The minimum atomic E-state index is -2.48. The molecule has 3 aliphatic rings. The van der Waals surface area contributed by atoms with Gasteiger partial charge in [0.2, 0.25) is 0 Å². The number of carbonyl (C=O) groups is 1. The summed E-state index contributed by atoms with van der Waals surface area (Å²) in [6.07, 6.45) is 0. The molecular formula is C11H25N4O2P. The van der Waals surface area contributed by atoms with Crippen LogP contribution in [0, 0.1) is 0 Å². The van der Waals surface area contributed by atoms with Crippen LogP contribution < -0.4 is 0 Å². The third kappa shape index (κ3) is 2.40. The van der Waals surface area contributed by atoms with Crippen molar-refractivity contribution < 1.29 is 9.32 Å². The Morgan fingerprint density at radius 1 is 0.889 bits per heavy atom. The van der Waals surface area contributed by atoms with Gasteiger partial charge in [-0.25, -0.2) is 0 Å². The summed E-state index contributed by atoms with van der Waals surface area (Å²) in [7, 11) is 3.76. The van der Waals surface area contributed by atoms with E-state index in [1.165, 1.54) is 6.92 Å². The summed E-state index contributed by atoms with van der Waals surface area (Å²) < 4.78 is 12.7. The van der Waals surface area contributed by atoms with Gasteiger partial charge in [-0.05, 0) is 0 Å². The molecule has 2 bridgehead atoms. The average molecular weight is 276 g/mol. The summed E-state index contributed by atoms with van der Waals surface area (Å²) in [6.45, 7) is 7.56. The summed E-state index contributed by atoms with van der Waals surface area (Å²) in [5.74, 6) is -0.176. The van der Waals surface area contributed by atoms with Gasteiger partial charge in [-0.1, -0.05) is 0 Å². The van der Waals surface area contributed by atoms with Crippen molar-refractivity contribution in [3.63, 3.8) is 0 Å². The maximum absolute atomic E-state index is 11.6.